The van der Waals surface area contributed by atoms with Crippen molar-refractivity contribution in [2.24, 2.45) is 0 Å². The van der Waals surface area contributed by atoms with Crippen molar-refractivity contribution in [1.29, 1.82) is 0 Å². The van der Waals surface area contributed by atoms with Crippen molar-refractivity contribution in [3.63, 3.8) is 0 Å². The van der Waals surface area contributed by atoms with Gasteiger partial charge in [0.15, 0.2) is 0 Å². The molecule has 0 unspecified atom stereocenters. The van der Waals surface area contributed by atoms with Crippen LogP contribution in [0.15, 0.2) is 35.2 Å². The van der Waals surface area contributed by atoms with Crippen molar-refractivity contribution >= 4 is 20.9 Å². The molecule has 0 atom stereocenters. The van der Waals surface area contributed by atoms with Crippen LogP contribution < -0.4 is 29.6 Å². The summed E-state index contributed by atoms with van der Waals surface area (Å²) in [5, 5.41) is 1.36. The van der Waals surface area contributed by atoms with Gasteiger partial charge in [0.1, 0.15) is 10.1 Å². The quantitative estimate of drug-likeness (QED) is 0.505. The van der Waals surface area contributed by atoms with Crippen molar-refractivity contribution < 1.29 is 42.5 Å². The van der Waals surface area contributed by atoms with Gasteiger partial charge >= 0.3 is 29.6 Å². The average Bonchev–Trinajstić information content (AvgIpc) is 2.22. The minimum atomic E-state index is -4.42. The second-order valence-electron chi connectivity index (χ2n) is 3.83. The molecular formula is C12H11NaO3S. The molecule has 0 aromatic heterocycles. The Morgan fingerprint density at radius 2 is 1.59 bits per heavy atom. The maximum Gasteiger partial charge on any atom is 1.00 e. The van der Waals surface area contributed by atoms with Crippen LogP contribution in [-0.2, 0) is 10.1 Å². The molecule has 2 aromatic carbocycles. The first-order chi connectivity index (χ1) is 7.41. The maximum absolute atomic E-state index is 11.2. The molecule has 0 saturated heterocycles. The van der Waals surface area contributed by atoms with E-state index in [1.54, 1.807) is 13.0 Å². The van der Waals surface area contributed by atoms with Gasteiger partial charge in [-0.2, -0.15) is 0 Å². The van der Waals surface area contributed by atoms with Gasteiger partial charge in [0.25, 0.3) is 0 Å². The zero-order chi connectivity index (χ0) is 11.9. The van der Waals surface area contributed by atoms with Crippen molar-refractivity contribution in [3.8, 4) is 0 Å². The van der Waals surface area contributed by atoms with E-state index < -0.39 is 10.1 Å². The molecule has 0 aliphatic carbocycles. The molecular weight excluding hydrogens is 247 g/mol. The molecule has 84 valence electrons. The molecule has 0 spiro atoms. The molecule has 0 aliphatic heterocycles. The minimum Gasteiger partial charge on any atom is -0.744 e. The molecule has 0 heterocycles. The summed E-state index contributed by atoms with van der Waals surface area (Å²) in [5.74, 6) is 0. The van der Waals surface area contributed by atoms with Gasteiger partial charge in [-0.1, -0.05) is 24.3 Å². The van der Waals surface area contributed by atoms with Gasteiger partial charge in [-0.05, 0) is 36.4 Å². The number of hydrogen-bond acceptors (Lipinski definition) is 3. The van der Waals surface area contributed by atoms with E-state index in [0.29, 0.717) is 5.39 Å². The Hall–Kier alpha value is -0.390. The van der Waals surface area contributed by atoms with Crippen LogP contribution in [0.25, 0.3) is 10.8 Å². The Morgan fingerprint density at radius 3 is 2.18 bits per heavy atom. The van der Waals surface area contributed by atoms with E-state index in [1.807, 2.05) is 25.1 Å². The summed E-state index contributed by atoms with van der Waals surface area (Å²) in [6.45, 7) is 3.69. The Morgan fingerprint density at radius 1 is 1.00 bits per heavy atom. The van der Waals surface area contributed by atoms with Crippen molar-refractivity contribution in [3.05, 3.63) is 41.5 Å². The number of hydrogen-bond donors (Lipinski definition) is 0. The normalized spacial score (nSPS) is 11.2. The van der Waals surface area contributed by atoms with Gasteiger partial charge in [-0.25, -0.2) is 8.42 Å². The number of fused-ring (bicyclic) bond motifs is 1. The summed E-state index contributed by atoms with van der Waals surface area (Å²) in [5.41, 5.74) is 1.77. The molecule has 2 rings (SSSR count). The monoisotopic (exact) mass is 258 g/mol. The molecule has 0 fully saturated rings. The molecule has 5 heteroatoms. The van der Waals surface area contributed by atoms with Crippen LogP contribution in [0.5, 0.6) is 0 Å². The predicted molar refractivity (Wildman–Crippen MR) is 61.4 cm³/mol. The summed E-state index contributed by atoms with van der Waals surface area (Å²) in [4.78, 5) is -0.133. The van der Waals surface area contributed by atoms with Crippen molar-refractivity contribution in [2.45, 2.75) is 18.7 Å². The zero-order valence-electron chi connectivity index (χ0n) is 10.0. The Balaban J connectivity index is 0.00000144. The molecule has 0 bridgehead atoms. The predicted octanol–water partition coefficient (Wildman–Crippen LogP) is -0.635. The third-order valence-corrected chi connectivity index (χ3v) is 3.58. The van der Waals surface area contributed by atoms with Gasteiger partial charge < -0.3 is 4.55 Å². The van der Waals surface area contributed by atoms with Gasteiger partial charge in [-0.15, -0.1) is 0 Å². The summed E-state index contributed by atoms with van der Waals surface area (Å²) in [6, 6.07) is 8.52. The molecule has 0 amide bonds. The van der Waals surface area contributed by atoms with Gasteiger partial charge in [0.2, 0.25) is 0 Å². The van der Waals surface area contributed by atoms with E-state index in [-0.39, 0.29) is 34.5 Å². The fraction of sp³-hybridized carbons (Fsp3) is 0.167. The molecule has 2 aromatic rings. The van der Waals surface area contributed by atoms with E-state index in [2.05, 4.69) is 0 Å². The maximum atomic E-state index is 11.2. The minimum absolute atomic E-state index is 0. The van der Waals surface area contributed by atoms with E-state index in [4.69, 9.17) is 0 Å². The first kappa shape index (κ1) is 14.7. The van der Waals surface area contributed by atoms with Crippen LogP contribution in [0.1, 0.15) is 11.1 Å². The summed E-state index contributed by atoms with van der Waals surface area (Å²) in [7, 11) is -4.42. The summed E-state index contributed by atoms with van der Waals surface area (Å²) < 4.78 is 33.5. The van der Waals surface area contributed by atoms with Crippen LogP contribution >= 0.6 is 0 Å². The molecule has 3 nitrogen and oxygen atoms in total. The third-order valence-electron chi connectivity index (χ3n) is 2.70. The Kier molecular flexibility index (Phi) is 4.38. The van der Waals surface area contributed by atoms with Crippen molar-refractivity contribution in [2.75, 3.05) is 0 Å². The SMILES string of the molecule is Cc1ccc(C)c2c(S(=O)(=O)[O-])cccc12.[Na+]. The van der Waals surface area contributed by atoms with E-state index >= 15 is 0 Å². The first-order valence-electron chi connectivity index (χ1n) is 4.86. The fourth-order valence-corrected chi connectivity index (χ4v) is 2.66. The van der Waals surface area contributed by atoms with E-state index in [9.17, 15) is 13.0 Å². The average molecular weight is 258 g/mol. The van der Waals surface area contributed by atoms with Crippen LogP contribution in [0.2, 0.25) is 0 Å². The summed E-state index contributed by atoms with van der Waals surface area (Å²) in [6.07, 6.45) is 0. The van der Waals surface area contributed by atoms with Crippen LogP contribution in [0, 0.1) is 13.8 Å². The van der Waals surface area contributed by atoms with Crippen LogP contribution in [0.3, 0.4) is 0 Å². The number of rotatable bonds is 1. The fourth-order valence-electron chi connectivity index (χ4n) is 1.90. The van der Waals surface area contributed by atoms with Gasteiger partial charge in [0, 0.05) is 5.39 Å². The van der Waals surface area contributed by atoms with Crippen molar-refractivity contribution in [1.82, 2.24) is 0 Å². The first-order valence-corrected chi connectivity index (χ1v) is 6.27. The molecule has 0 N–H and O–H groups in total. The van der Waals surface area contributed by atoms with Gasteiger partial charge in [-0.3, -0.25) is 0 Å². The standard InChI is InChI=1S/C12H12O3S.Na/c1-8-6-7-9(2)12-10(8)4-3-5-11(12)16(13,14)15;/h3-7H,1-2H3,(H,13,14,15);/q;+1/p-1. The largest absolute Gasteiger partial charge is 1.00 e. The number of aryl methyl sites for hydroxylation is 2. The van der Waals surface area contributed by atoms with E-state index in [0.717, 1.165) is 16.5 Å². The molecule has 0 aliphatic rings. The summed E-state index contributed by atoms with van der Waals surface area (Å²) >= 11 is 0. The second-order valence-corrected chi connectivity index (χ2v) is 5.18. The third kappa shape index (κ3) is 2.72. The van der Waals surface area contributed by atoms with Crippen LogP contribution in [-0.4, -0.2) is 13.0 Å². The zero-order valence-corrected chi connectivity index (χ0v) is 12.8. The van der Waals surface area contributed by atoms with E-state index in [1.165, 1.54) is 6.07 Å². The Bertz CT molecular complexity index is 663. The molecule has 0 radical (unpaired) electrons. The molecule has 0 saturated carbocycles. The van der Waals surface area contributed by atoms with Gasteiger partial charge in [0.05, 0.1) is 4.90 Å². The number of benzene rings is 2. The van der Waals surface area contributed by atoms with Crippen LogP contribution in [0.4, 0.5) is 0 Å². The smallest absolute Gasteiger partial charge is 0.744 e. The Labute approximate surface area is 123 Å². The second kappa shape index (κ2) is 5.08. The topological polar surface area (TPSA) is 57.2 Å². The molecule has 17 heavy (non-hydrogen) atoms.